The first kappa shape index (κ1) is 22.5. The van der Waals surface area contributed by atoms with E-state index < -0.39 is 24.9 Å². The quantitative estimate of drug-likeness (QED) is 0.568. The van der Waals surface area contributed by atoms with Crippen LogP contribution in [0.15, 0.2) is 41.4 Å². The molecule has 0 radical (unpaired) electrons. The Morgan fingerprint density at radius 1 is 1.28 bits per heavy atom. The zero-order valence-corrected chi connectivity index (χ0v) is 20.1. The SMILES string of the molecule is C=S(C)(=O)c1cccc(-c2nn(C(C)C)c3cc(C(=O)NC4(C)CS(=O)(=O)C4)cnc23)c1. The van der Waals surface area contributed by atoms with Crippen LogP contribution >= 0.6 is 0 Å². The molecule has 1 unspecified atom stereocenters. The van der Waals surface area contributed by atoms with E-state index in [0.29, 0.717) is 27.2 Å². The Hall–Kier alpha value is -2.72. The highest BCUT2D eigenvalue weighted by atomic mass is 32.2. The van der Waals surface area contributed by atoms with E-state index in [4.69, 9.17) is 5.10 Å². The molecule has 8 nitrogen and oxygen atoms in total. The van der Waals surface area contributed by atoms with E-state index in [0.717, 1.165) is 5.56 Å². The first-order valence-electron chi connectivity index (χ1n) is 10.1. The van der Waals surface area contributed by atoms with E-state index in [-0.39, 0.29) is 23.5 Å². The van der Waals surface area contributed by atoms with E-state index >= 15 is 0 Å². The monoisotopic (exact) mass is 474 g/mol. The Kier molecular flexibility index (Phi) is 5.21. The van der Waals surface area contributed by atoms with E-state index in [1.165, 1.54) is 6.20 Å². The number of nitrogens with one attached hydrogen (secondary N) is 1. The lowest BCUT2D eigenvalue weighted by molar-refractivity contribution is 0.0916. The van der Waals surface area contributed by atoms with Crippen LogP contribution in [-0.2, 0) is 19.4 Å². The second-order valence-corrected chi connectivity index (χ2v) is 13.6. The van der Waals surface area contributed by atoms with Gasteiger partial charge >= 0.3 is 0 Å². The molecule has 1 fully saturated rings. The molecule has 0 spiro atoms. The largest absolute Gasteiger partial charge is 0.345 e. The third-order valence-corrected chi connectivity index (χ3v) is 8.80. The van der Waals surface area contributed by atoms with E-state index in [2.05, 4.69) is 16.2 Å². The van der Waals surface area contributed by atoms with Gasteiger partial charge < -0.3 is 5.32 Å². The van der Waals surface area contributed by atoms with Crippen molar-refractivity contribution >= 4 is 42.2 Å². The average molecular weight is 475 g/mol. The number of rotatable bonds is 5. The fourth-order valence-electron chi connectivity index (χ4n) is 3.99. The van der Waals surface area contributed by atoms with Crippen LogP contribution < -0.4 is 5.32 Å². The number of pyridine rings is 1. The molecular formula is C22H26N4O4S2. The van der Waals surface area contributed by atoms with Crippen molar-refractivity contribution in [1.29, 1.82) is 0 Å². The summed E-state index contributed by atoms with van der Waals surface area (Å²) in [6.07, 6.45) is 3.06. The molecule has 0 aliphatic carbocycles. The number of hydrogen-bond acceptors (Lipinski definition) is 6. The summed E-state index contributed by atoms with van der Waals surface area (Å²) in [4.78, 5) is 18.0. The van der Waals surface area contributed by atoms with Crippen molar-refractivity contribution in [2.75, 3.05) is 17.8 Å². The Balaban J connectivity index is 1.76. The predicted octanol–water partition coefficient (Wildman–Crippen LogP) is 2.30. The maximum atomic E-state index is 12.8. The van der Waals surface area contributed by atoms with Crippen LogP contribution in [0.1, 0.15) is 37.2 Å². The van der Waals surface area contributed by atoms with E-state index in [1.54, 1.807) is 30.0 Å². The third kappa shape index (κ3) is 4.16. The molecule has 4 rings (SSSR count). The highest BCUT2D eigenvalue weighted by Crippen LogP contribution is 2.30. The lowest BCUT2D eigenvalue weighted by Gasteiger charge is -2.38. The van der Waals surface area contributed by atoms with Gasteiger partial charge in [0.1, 0.15) is 11.2 Å². The van der Waals surface area contributed by atoms with Gasteiger partial charge in [-0.2, -0.15) is 5.10 Å². The first-order valence-corrected chi connectivity index (χ1v) is 14.1. The first-order chi connectivity index (χ1) is 14.8. The summed E-state index contributed by atoms with van der Waals surface area (Å²) < 4.78 is 37.3. The number of sulfone groups is 1. The fourth-order valence-corrected chi connectivity index (χ4v) is 6.73. The van der Waals surface area contributed by atoms with Gasteiger partial charge in [-0.1, -0.05) is 12.1 Å². The number of nitrogens with zero attached hydrogens (tertiary/aromatic N) is 3. The smallest absolute Gasteiger partial charge is 0.253 e. The molecule has 1 amide bonds. The average Bonchev–Trinajstić information content (AvgIpc) is 3.04. The van der Waals surface area contributed by atoms with Gasteiger partial charge in [-0.3, -0.25) is 18.7 Å². The van der Waals surface area contributed by atoms with Crippen molar-refractivity contribution in [2.45, 2.75) is 37.2 Å². The summed E-state index contributed by atoms with van der Waals surface area (Å²) in [6.45, 7) is 5.68. The molecule has 32 heavy (non-hydrogen) atoms. The van der Waals surface area contributed by atoms with Crippen molar-refractivity contribution in [3.63, 3.8) is 0 Å². The zero-order chi connectivity index (χ0) is 23.5. The third-order valence-electron chi connectivity index (χ3n) is 5.40. The minimum atomic E-state index is -3.08. The molecule has 1 aliphatic rings. The van der Waals surface area contributed by atoms with Gasteiger partial charge in [0.15, 0.2) is 9.84 Å². The summed E-state index contributed by atoms with van der Waals surface area (Å²) in [6, 6.07) is 9.00. The number of benzene rings is 1. The second-order valence-electron chi connectivity index (χ2n) is 9.06. The molecule has 1 N–H and O–H groups in total. The number of carbonyl (C=O) groups excluding carboxylic acids is 1. The predicted molar refractivity (Wildman–Crippen MR) is 127 cm³/mol. The van der Waals surface area contributed by atoms with Crippen LogP contribution in [0.25, 0.3) is 22.3 Å². The molecule has 1 aliphatic heterocycles. The standard InChI is InChI=1S/C22H26N4O4S2/c1-14(2)26-18-10-16(21(27)24-22(3)12-32(29,30)13-22)11-23-20(18)19(25-26)15-7-6-8-17(9-15)31(4,5)28/h6-11,14H,4,12-13H2,1-3,5H3,(H,24,27). The van der Waals surface area contributed by atoms with Gasteiger partial charge in [-0.15, -0.1) is 0 Å². The molecule has 1 saturated heterocycles. The Labute approximate surface area is 188 Å². The van der Waals surface area contributed by atoms with Gasteiger partial charge in [0.2, 0.25) is 0 Å². The summed E-state index contributed by atoms with van der Waals surface area (Å²) in [5.74, 6) is 3.24. The molecule has 1 atom stereocenters. The van der Waals surface area contributed by atoms with Gasteiger partial charge in [0.05, 0.1) is 28.1 Å². The minimum absolute atomic E-state index is 0.00655. The molecule has 0 saturated carbocycles. The molecule has 2 aromatic heterocycles. The molecule has 10 heteroatoms. The van der Waals surface area contributed by atoms with Crippen molar-refractivity contribution in [3.8, 4) is 11.3 Å². The Bertz CT molecular complexity index is 1440. The second kappa shape index (κ2) is 7.41. The van der Waals surface area contributed by atoms with Gasteiger partial charge in [0, 0.05) is 29.0 Å². The number of aromatic nitrogens is 3. The highest BCUT2D eigenvalue weighted by Gasteiger charge is 2.45. The number of carbonyl (C=O) groups is 1. The zero-order valence-electron chi connectivity index (χ0n) is 18.5. The Morgan fingerprint density at radius 3 is 2.56 bits per heavy atom. The topological polar surface area (TPSA) is 111 Å². The van der Waals surface area contributed by atoms with Crippen LogP contribution in [0.4, 0.5) is 0 Å². The van der Waals surface area contributed by atoms with Crippen LogP contribution in [0.5, 0.6) is 0 Å². The number of fused-ring (bicyclic) bond motifs is 1. The fraction of sp³-hybridized carbons (Fsp3) is 0.364. The normalized spacial score (nSPS) is 18.8. The summed E-state index contributed by atoms with van der Waals surface area (Å²) >= 11 is 0. The van der Waals surface area contributed by atoms with E-state index in [1.807, 2.05) is 32.0 Å². The number of hydrogen-bond donors (Lipinski definition) is 1. The van der Waals surface area contributed by atoms with Crippen LogP contribution in [0, 0.1) is 0 Å². The molecule has 1 aromatic carbocycles. The van der Waals surface area contributed by atoms with Crippen molar-refractivity contribution in [1.82, 2.24) is 20.1 Å². The van der Waals surface area contributed by atoms with Crippen molar-refractivity contribution in [2.24, 2.45) is 0 Å². The van der Waals surface area contributed by atoms with Crippen LogP contribution in [-0.4, -0.2) is 62.5 Å². The Morgan fingerprint density at radius 2 is 1.97 bits per heavy atom. The molecule has 3 heterocycles. The van der Waals surface area contributed by atoms with Gasteiger partial charge in [-0.05, 0) is 54.4 Å². The summed E-state index contributed by atoms with van der Waals surface area (Å²) in [5.41, 5.74) is 2.27. The minimum Gasteiger partial charge on any atom is -0.345 e. The molecule has 3 aromatic rings. The van der Waals surface area contributed by atoms with Crippen LogP contribution in [0.3, 0.4) is 0 Å². The highest BCUT2D eigenvalue weighted by molar-refractivity contribution is 7.99. The van der Waals surface area contributed by atoms with Crippen molar-refractivity contribution in [3.05, 3.63) is 42.1 Å². The van der Waals surface area contributed by atoms with E-state index in [9.17, 15) is 17.4 Å². The maximum absolute atomic E-state index is 12.8. The molecule has 170 valence electrons. The summed E-state index contributed by atoms with van der Waals surface area (Å²) in [5, 5.41) is 7.55. The van der Waals surface area contributed by atoms with Gasteiger partial charge in [-0.25, -0.2) is 8.42 Å². The molecular weight excluding hydrogens is 448 g/mol. The maximum Gasteiger partial charge on any atom is 0.253 e. The molecule has 0 bridgehead atoms. The summed E-state index contributed by atoms with van der Waals surface area (Å²) in [7, 11) is -5.47. The van der Waals surface area contributed by atoms with Crippen molar-refractivity contribution < 1.29 is 17.4 Å². The number of amides is 1. The van der Waals surface area contributed by atoms with Gasteiger partial charge in [0.25, 0.3) is 5.91 Å². The lowest BCUT2D eigenvalue weighted by Crippen LogP contribution is -2.63. The van der Waals surface area contributed by atoms with Crippen LogP contribution in [0.2, 0.25) is 0 Å². The lowest BCUT2D eigenvalue weighted by atomic mass is 10.1.